The summed E-state index contributed by atoms with van der Waals surface area (Å²) in [6, 6.07) is -0.943. The van der Waals surface area contributed by atoms with Crippen LogP contribution in [0.15, 0.2) is 0 Å². The van der Waals surface area contributed by atoms with E-state index in [1.54, 1.807) is 45.2 Å². The SMILES string of the molecule is O=C(CO)c1c(I)c(C(=O)NC(CO)CO)c(I)c(N(CCO)C(=O)CO)c1I. The lowest BCUT2D eigenvalue weighted by Gasteiger charge is -2.27. The molecule has 1 aromatic rings. The van der Waals surface area contributed by atoms with Gasteiger partial charge in [0.05, 0.1) is 40.7 Å². The fourth-order valence-corrected chi connectivity index (χ4v) is 7.20. The van der Waals surface area contributed by atoms with Crippen LogP contribution in [0, 0.1) is 10.7 Å². The van der Waals surface area contributed by atoms with Gasteiger partial charge in [-0.3, -0.25) is 14.4 Å². The Morgan fingerprint density at radius 3 is 1.86 bits per heavy atom. The lowest BCUT2D eigenvalue weighted by atomic mass is 10.0. The van der Waals surface area contributed by atoms with Gasteiger partial charge in [0, 0.05) is 19.2 Å². The van der Waals surface area contributed by atoms with Crippen molar-refractivity contribution in [3.05, 3.63) is 21.8 Å². The normalized spacial score (nSPS) is 10.9. The van der Waals surface area contributed by atoms with Crippen LogP contribution >= 0.6 is 67.8 Å². The number of anilines is 1. The molecule has 0 aliphatic heterocycles. The smallest absolute Gasteiger partial charge is 0.253 e. The molecule has 0 saturated carbocycles. The van der Waals surface area contributed by atoms with E-state index in [2.05, 4.69) is 5.32 Å². The Morgan fingerprint density at radius 1 is 0.862 bits per heavy atom. The Balaban J connectivity index is 3.83. The zero-order valence-corrected chi connectivity index (χ0v) is 21.3. The molecule has 29 heavy (non-hydrogen) atoms. The lowest BCUT2D eigenvalue weighted by Crippen LogP contribution is -2.42. The topological polar surface area (TPSA) is 168 Å². The number of rotatable bonds is 10. The minimum Gasteiger partial charge on any atom is -0.395 e. The Bertz CT molecular complexity index is 786. The molecule has 6 N–H and O–H groups in total. The Hall–Kier alpha value is -0.180. The average molecular weight is 748 g/mol. The van der Waals surface area contributed by atoms with Crippen molar-refractivity contribution in [2.75, 3.05) is 44.5 Å². The summed E-state index contributed by atoms with van der Waals surface area (Å²) >= 11 is 5.39. The van der Waals surface area contributed by atoms with Crippen LogP contribution in [0.2, 0.25) is 0 Å². The van der Waals surface area contributed by atoms with E-state index >= 15 is 0 Å². The molecule has 0 radical (unpaired) electrons. The van der Waals surface area contributed by atoms with Gasteiger partial charge in [-0.15, -0.1) is 0 Å². The number of hydrogen-bond donors (Lipinski definition) is 6. The van der Waals surface area contributed by atoms with Crippen molar-refractivity contribution in [3.8, 4) is 0 Å². The minimum absolute atomic E-state index is 0.000930. The second-order valence-electron chi connectivity index (χ2n) is 5.58. The van der Waals surface area contributed by atoms with Gasteiger partial charge < -0.3 is 35.7 Å². The minimum atomic E-state index is -0.943. The third-order valence-corrected chi connectivity index (χ3v) is 6.93. The van der Waals surface area contributed by atoms with Crippen LogP contribution in [0.3, 0.4) is 0 Å². The molecular weight excluding hydrogens is 729 g/mol. The fraction of sp³-hybridized carbons (Fsp3) is 0.438. The molecule has 0 aromatic heterocycles. The van der Waals surface area contributed by atoms with Crippen molar-refractivity contribution in [3.63, 3.8) is 0 Å². The highest BCUT2D eigenvalue weighted by Crippen LogP contribution is 2.38. The second-order valence-corrected chi connectivity index (χ2v) is 8.82. The number of carbonyl (C=O) groups excluding carboxylic acids is 3. The molecule has 0 unspecified atom stereocenters. The van der Waals surface area contributed by atoms with Crippen LogP contribution < -0.4 is 10.2 Å². The predicted molar refractivity (Wildman–Crippen MR) is 128 cm³/mol. The summed E-state index contributed by atoms with van der Waals surface area (Å²) in [5.74, 6) is -2.16. The van der Waals surface area contributed by atoms with Gasteiger partial charge in [0.2, 0.25) is 0 Å². The molecule has 10 nitrogen and oxygen atoms in total. The first kappa shape index (κ1) is 26.9. The molecule has 13 heteroatoms. The summed E-state index contributed by atoms with van der Waals surface area (Å²) in [4.78, 5) is 38.5. The number of ketones is 1. The average Bonchev–Trinajstić information content (AvgIpc) is 2.70. The van der Waals surface area contributed by atoms with E-state index in [1.165, 1.54) is 0 Å². The molecule has 0 aliphatic rings. The van der Waals surface area contributed by atoms with Gasteiger partial charge in [-0.1, -0.05) is 0 Å². The first-order valence-electron chi connectivity index (χ1n) is 8.09. The maximum Gasteiger partial charge on any atom is 0.253 e. The highest BCUT2D eigenvalue weighted by Gasteiger charge is 2.31. The Kier molecular flexibility index (Phi) is 11.7. The zero-order chi connectivity index (χ0) is 22.3. The monoisotopic (exact) mass is 748 g/mol. The van der Waals surface area contributed by atoms with Crippen molar-refractivity contribution in [1.29, 1.82) is 0 Å². The van der Waals surface area contributed by atoms with Crippen molar-refractivity contribution in [1.82, 2.24) is 5.32 Å². The maximum absolute atomic E-state index is 12.8. The van der Waals surface area contributed by atoms with E-state index < -0.39 is 56.7 Å². The second kappa shape index (κ2) is 12.6. The van der Waals surface area contributed by atoms with Crippen molar-refractivity contribution >= 4 is 91.1 Å². The van der Waals surface area contributed by atoms with Crippen LogP contribution in [-0.4, -0.2) is 88.8 Å². The maximum atomic E-state index is 12.8. The number of amides is 2. The number of nitrogens with one attached hydrogen (secondary N) is 1. The molecular formula is C16H19I3N2O8. The molecule has 1 rings (SSSR count). The molecule has 0 heterocycles. The summed E-state index contributed by atoms with van der Waals surface area (Å²) < 4.78 is 0.739. The Labute approximate surface area is 207 Å². The number of aliphatic hydroxyl groups excluding tert-OH is 5. The molecule has 0 bridgehead atoms. The molecule has 1 aromatic carbocycles. The van der Waals surface area contributed by atoms with E-state index in [1.807, 2.05) is 22.6 Å². The van der Waals surface area contributed by atoms with Crippen LogP contribution in [0.5, 0.6) is 0 Å². The molecule has 0 fully saturated rings. The van der Waals surface area contributed by atoms with E-state index in [9.17, 15) is 39.9 Å². The number of hydrogen-bond acceptors (Lipinski definition) is 8. The predicted octanol–water partition coefficient (Wildman–Crippen LogP) is -0.924. The Morgan fingerprint density at radius 2 is 1.41 bits per heavy atom. The number of nitrogens with zero attached hydrogens (tertiary/aromatic N) is 1. The molecule has 162 valence electrons. The van der Waals surface area contributed by atoms with Crippen LogP contribution in [0.4, 0.5) is 5.69 Å². The van der Waals surface area contributed by atoms with Crippen molar-refractivity contribution < 1.29 is 39.9 Å². The number of aliphatic hydroxyl groups is 5. The summed E-state index contributed by atoms with van der Waals surface area (Å²) in [5.41, 5.74) is 0.137. The highest BCUT2D eigenvalue weighted by atomic mass is 127. The van der Waals surface area contributed by atoms with Gasteiger partial charge in [0.15, 0.2) is 5.78 Å². The van der Waals surface area contributed by atoms with E-state index in [0.29, 0.717) is 0 Å². The molecule has 2 amide bonds. The molecule has 0 atom stereocenters. The quantitative estimate of drug-likeness (QED) is 0.132. The zero-order valence-electron chi connectivity index (χ0n) is 14.9. The number of Topliss-reactive ketones (excluding diaryl/α,β-unsaturated/α-hetero) is 1. The molecule has 0 aliphatic carbocycles. The van der Waals surface area contributed by atoms with E-state index in [-0.39, 0.29) is 34.1 Å². The van der Waals surface area contributed by atoms with Crippen molar-refractivity contribution in [2.45, 2.75) is 6.04 Å². The largest absolute Gasteiger partial charge is 0.395 e. The summed E-state index contributed by atoms with van der Waals surface area (Å²) in [6.07, 6.45) is 0. The van der Waals surface area contributed by atoms with Crippen LogP contribution in [-0.2, 0) is 4.79 Å². The van der Waals surface area contributed by atoms with Gasteiger partial charge in [-0.05, 0) is 67.8 Å². The van der Waals surface area contributed by atoms with Crippen LogP contribution in [0.25, 0.3) is 0 Å². The first-order chi connectivity index (χ1) is 13.7. The third kappa shape index (κ3) is 6.17. The molecule has 0 saturated heterocycles. The first-order valence-corrected chi connectivity index (χ1v) is 11.3. The standard InChI is InChI=1S/C16H19I3N2O8/c17-12-10(8(27)5-25)13(18)15(21(1-2-22)9(28)6-26)14(19)11(12)16(29)20-7(3-23)4-24/h7,22-26H,1-6H2,(H,20,29). The number of carbonyl (C=O) groups is 3. The number of benzene rings is 1. The van der Waals surface area contributed by atoms with Crippen molar-refractivity contribution in [2.24, 2.45) is 0 Å². The van der Waals surface area contributed by atoms with Crippen LogP contribution in [0.1, 0.15) is 20.7 Å². The lowest BCUT2D eigenvalue weighted by molar-refractivity contribution is -0.121. The van der Waals surface area contributed by atoms with Gasteiger partial charge in [0.1, 0.15) is 13.2 Å². The fourth-order valence-electron chi connectivity index (χ4n) is 2.36. The van der Waals surface area contributed by atoms with Gasteiger partial charge in [-0.25, -0.2) is 0 Å². The summed E-state index contributed by atoms with van der Waals surface area (Å²) in [5, 5.41) is 48.9. The van der Waals surface area contributed by atoms with E-state index in [4.69, 9.17) is 0 Å². The third-order valence-electron chi connectivity index (χ3n) is 3.75. The van der Waals surface area contributed by atoms with Gasteiger partial charge in [-0.2, -0.15) is 0 Å². The summed E-state index contributed by atoms with van der Waals surface area (Å²) in [7, 11) is 0. The molecule has 0 spiro atoms. The highest BCUT2D eigenvalue weighted by molar-refractivity contribution is 14.1. The summed E-state index contributed by atoms with van der Waals surface area (Å²) in [6.45, 7) is -3.37. The van der Waals surface area contributed by atoms with Gasteiger partial charge >= 0.3 is 0 Å². The number of halogens is 3. The van der Waals surface area contributed by atoms with Gasteiger partial charge in [0.25, 0.3) is 11.8 Å². The van der Waals surface area contributed by atoms with E-state index in [0.717, 1.165) is 4.90 Å².